The van der Waals surface area contributed by atoms with Gasteiger partial charge in [-0.05, 0) is 23.8 Å². The number of pyridine rings is 1. The molecule has 0 radical (unpaired) electrons. The number of rotatable bonds is 2. The van der Waals surface area contributed by atoms with Gasteiger partial charge in [-0.2, -0.15) is 0 Å². The molecule has 0 saturated carbocycles. The zero-order valence-electron chi connectivity index (χ0n) is 8.57. The van der Waals surface area contributed by atoms with Crippen molar-refractivity contribution >= 4 is 34.8 Å². The Kier molecular flexibility index (Phi) is 3.89. The van der Waals surface area contributed by atoms with Crippen molar-refractivity contribution in [2.45, 2.75) is 6.10 Å². The minimum absolute atomic E-state index is 0.384. The summed E-state index contributed by atoms with van der Waals surface area (Å²) in [6, 6.07) is 8.32. The second-order valence-corrected chi connectivity index (χ2v) is 4.69. The van der Waals surface area contributed by atoms with E-state index >= 15 is 0 Å². The first-order valence-electron chi connectivity index (χ1n) is 4.82. The van der Waals surface area contributed by atoms with E-state index in [4.69, 9.17) is 34.8 Å². The zero-order valence-corrected chi connectivity index (χ0v) is 10.8. The smallest absolute Gasteiger partial charge is 0.129 e. The summed E-state index contributed by atoms with van der Waals surface area (Å²) >= 11 is 17.4. The first-order chi connectivity index (χ1) is 8.08. The molecule has 2 rings (SSSR count). The summed E-state index contributed by atoms with van der Waals surface area (Å²) in [6.45, 7) is 0. The molecule has 0 aliphatic heterocycles. The summed E-state index contributed by atoms with van der Waals surface area (Å²) in [5.41, 5.74) is 1.30. The number of aromatic nitrogens is 1. The van der Waals surface area contributed by atoms with E-state index in [1.165, 1.54) is 6.20 Å². The maximum atomic E-state index is 10.1. The zero-order chi connectivity index (χ0) is 12.4. The van der Waals surface area contributed by atoms with Gasteiger partial charge in [0, 0.05) is 11.8 Å². The summed E-state index contributed by atoms with van der Waals surface area (Å²) in [4.78, 5) is 3.91. The SMILES string of the molecule is OC(c1ccc(Cl)nc1)c1ccc(Cl)c(Cl)c1. The first kappa shape index (κ1) is 12.7. The average Bonchev–Trinajstić information content (AvgIpc) is 2.33. The molecule has 2 aromatic rings. The highest BCUT2D eigenvalue weighted by molar-refractivity contribution is 6.42. The summed E-state index contributed by atoms with van der Waals surface area (Å²) in [7, 11) is 0. The van der Waals surface area contributed by atoms with Gasteiger partial charge in [0.2, 0.25) is 0 Å². The van der Waals surface area contributed by atoms with Crippen molar-refractivity contribution in [3.05, 3.63) is 62.9 Å². The Balaban J connectivity index is 2.33. The van der Waals surface area contributed by atoms with Crippen LogP contribution in [0.25, 0.3) is 0 Å². The molecular formula is C12H8Cl3NO. The monoisotopic (exact) mass is 287 g/mol. The molecule has 1 aromatic heterocycles. The fraction of sp³-hybridized carbons (Fsp3) is 0.0833. The molecule has 0 fully saturated rings. The van der Waals surface area contributed by atoms with Gasteiger partial charge in [-0.3, -0.25) is 0 Å². The Bertz CT molecular complexity index is 528. The molecule has 0 aliphatic carbocycles. The van der Waals surface area contributed by atoms with Crippen LogP contribution in [0.2, 0.25) is 15.2 Å². The van der Waals surface area contributed by atoms with Crippen LogP contribution in [0.1, 0.15) is 17.2 Å². The third-order valence-corrected chi connectivity index (χ3v) is 3.29. The normalized spacial score (nSPS) is 12.5. The molecule has 1 aromatic carbocycles. The van der Waals surface area contributed by atoms with Gasteiger partial charge in [0.25, 0.3) is 0 Å². The molecule has 1 heterocycles. The van der Waals surface area contributed by atoms with Crippen molar-refractivity contribution in [3.8, 4) is 0 Å². The number of halogens is 3. The summed E-state index contributed by atoms with van der Waals surface area (Å²) in [5, 5.41) is 11.4. The van der Waals surface area contributed by atoms with Gasteiger partial charge in [0.05, 0.1) is 10.0 Å². The van der Waals surface area contributed by atoms with Crippen molar-refractivity contribution in [1.29, 1.82) is 0 Å². The molecule has 2 nitrogen and oxygen atoms in total. The van der Waals surface area contributed by atoms with Gasteiger partial charge in [-0.15, -0.1) is 0 Å². The number of aliphatic hydroxyl groups excluding tert-OH is 1. The van der Waals surface area contributed by atoms with E-state index in [1.807, 2.05) is 0 Å². The molecule has 0 bridgehead atoms. The van der Waals surface area contributed by atoms with E-state index in [9.17, 15) is 5.11 Å². The second kappa shape index (κ2) is 5.23. The molecule has 0 amide bonds. The Labute approximate surface area is 114 Å². The number of hydrogen-bond donors (Lipinski definition) is 1. The highest BCUT2D eigenvalue weighted by Crippen LogP contribution is 2.28. The van der Waals surface area contributed by atoms with Crippen molar-refractivity contribution in [3.63, 3.8) is 0 Å². The molecule has 88 valence electrons. The van der Waals surface area contributed by atoms with Crippen LogP contribution in [0.3, 0.4) is 0 Å². The van der Waals surface area contributed by atoms with E-state index in [1.54, 1.807) is 30.3 Å². The number of hydrogen-bond acceptors (Lipinski definition) is 2. The van der Waals surface area contributed by atoms with E-state index < -0.39 is 6.10 Å². The average molecular weight is 289 g/mol. The Morgan fingerprint density at radius 3 is 2.24 bits per heavy atom. The van der Waals surface area contributed by atoms with E-state index in [-0.39, 0.29) is 0 Å². The predicted molar refractivity (Wildman–Crippen MR) is 69.8 cm³/mol. The molecule has 0 aliphatic rings. The maximum Gasteiger partial charge on any atom is 0.129 e. The number of benzene rings is 1. The van der Waals surface area contributed by atoms with Crippen LogP contribution >= 0.6 is 34.8 Å². The van der Waals surface area contributed by atoms with Gasteiger partial charge >= 0.3 is 0 Å². The molecule has 1 N–H and O–H groups in total. The lowest BCUT2D eigenvalue weighted by Crippen LogP contribution is -2.00. The molecule has 17 heavy (non-hydrogen) atoms. The molecule has 1 unspecified atom stereocenters. The third kappa shape index (κ3) is 2.90. The van der Waals surface area contributed by atoms with Gasteiger partial charge in [0.1, 0.15) is 11.3 Å². The van der Waals surface area contributed by atoms with Crippen LogP contribution in [0.5, 0.6) is 0 Å². The number of aliphatic hydroxyl groups is 1. The van der Waals surface area contributed by atoms with E-state index in [0.717, 1.165) is 0 Å². The van der Waals surface area contributed by atoms with Crippen molar-refractivity contribution in [2.24, 2.45) is 0 Å². The first-order valence-corrected chi connectivity index (χ1v) is 5.96. The van der Waals surface area contributed by atoms with Crippen LogP contribution in [0, 0.1) is 0 Å². The highest BCUT2D eigenvalue weighted by atomic mass is 35.5. The summed E-state index contributed by atoms with van der Waals surface area (Å²) < 4.78 is 0. The molecular weight excluding hydrogens is 280 g/mol. The topological polar surface area (TPSA) is 33.1 Å². The molecule has 0 saturated heterocycles. The van der Waals surface area contributed by atoms with Gasteiger partial charge < -0.3 is 5.11 Å². The van der Waals surface area contributed by atoms with Crippen molar-refractivity contribution < 1.29 is 5.11 Å². The lowest BCUT2D eigenvalue weighted by molar-refractivity contribution is 0.220. The largest absolute Gasteiger partial charge is 0.384 e. The Hall–Kier alpha value is -0.800. The molecule has 5 heteroatoms. The highest BCUT2D eigenvalue weighted by Gasteiger charge is 2.12. The predicted octanol–water partition coefficient (Wildman–Crippen LogP) is 4.12. The minimum atomic E-state index is -0.797. The van der Waals surface area contributed by atoms with Gasteiger partial charge in [-0.1, -0.05) is 46.9 Å². The maximum absolute atomic E-state index is 10.1. The van der Waals surface area contributed by atoms with Crippen LogP contribution in [-0.2, 0) is 0 Å². The van der Waals surface area contributed by atoms with Crippen molar-refractivity contribution in [2.75, 3.05) is 0 Å². The van der Waals surface area contributed by atoms with Gasteiger partial charge in [0.15, 0.2) is 0 Å². The summed E-state index contributed by atoms with van der Waals surface area (Å²) in [5.74, 6) is 0. The van der Waals surface area contributed by atoms with Crippen molar-refractivity contribution in [1.82, 2.24) is 4.98 Å². The lowest BCUT2D eigenvalue weighted by Gasteiger charge is -2.11. The van der Waals surface area contributed by atoms with E-state index in [0.29, 0.717) is 26.3 Å². The minimum Gasteiger partial charge on any atom is -0.384 e. The lowest BCUT2D eigenvalue weighted by atomic mass is 10.0. The third-order valence-electron chi connectivity index (χ3n) is 2.33. The van der Waals surface area contributed by atoms with Crippen LogP contribution in [-0.4, -0.2) is 10.1 Å². The van der Waals surface area contributed by atoms with Gasteiger partial charge in [-0.25, -0.2) is 4.98 Å². The molecule has 1 atom stereocenters. The Morgan fingerprint density at radius 2 is 1.65 bits per heavy atom. The Morgan fingerprint density at radius 1 is 0.941 bits per heavy atom. The molecule has 0 spiro atoms. The fourth-order valence-corrected chi connectivity index (χ4v) is 1.84. The van der Waals surface area contributed by atoms with Crippen LogP contribution in [0.15, 0.2) is 36.5 Å². The standard InChI is InChI=1S/C12H8Cl3NO/c13-9-3-1-7(5-10(9)14)12(17)8-2-4-11(15)16-6-8/h1-6,12,17H. The summed E-state index contributed by atoms with van der Waals surface area (Å²) in [6.07, 6.45) is 0.727. The second-order valence-electron chi connectivity index (χ2n) is 3.49. The quantitative estimate of drug-likeness (QED) is 0.843. The fourth-order valence-electron chi connectivity index (χ4n) is 1.42. The van der Waals surface area contributed by atoms with Crippen LogP contribution in [0.4, 0.5) is 0 Å². The van der Waals surface area contributed by atoms with E-state index in [2.05, 4.69) is 4.98 Å². The van der Waals surface area contributed by atoms with Crippen LogP contribution < -0.4 is 0 Å². The number of nitrogens with zero attached hydrogens (tertiary/aromatic N) is 1.